The zero-order valence-corrected chi connectivity index (χ0v) is 11.3. The van der Waals surface area contributed by atoms with Crippen molar-refractivity contribution in [3.63, 3.8) is 0 Å². The van der Waals surface area contributed by atoms with Crippen molar-refractivity contribution < 1.29 is 9.90 Å². The summed E-state index contributed by atoms with van der Waals surface area (Å²) in [5, 5.41) is 13.4. The Labute approximate surface area is 118 Å². The Morgan fingerprint density at radius 1 is 1.43 bits per heavy atom. The first kappa shape index (κ1) is 13.1. The van der Waals surface area contributed by atoms with Crippen LogP contribution < -0.4 is 5.69 Å². The van der Waals surface area contributed by atoms with Gasteiger partial charge in [-0.2, -0.15) is 5.10 Å². The van der Waals surface area contributed by atoms with Crippen molar-refractivity contribution in [2.75, 3.05) is 0 Å². The first-order valence-electron chi connectivity index (χ1n) is 6.35. The molecule has 2 N–H and O–H groups in total. The van der Waals surface area contributed by atoms with Crippen LogP contribution in [0.4, 0.5) is 0 Å². The van der Waals surface area contributed by atoms with E-state index >= 15 is 0 Å². The summed E-state index contributed by atoms with van der Waals surface area (Å²) in [7, 11) is 1.76. The second-order valence-corrected chi connectivity index (χ2v) is 4.67. The first-order chi connectivity index (χ1) is 10.1. The molecule has 0 saturated carbocycles. The zero-order valence-electron chi connectivity index (χ0n) is 11.3. The molecule has 0 atom stereocenters. The lowest BCUT2D eigenvalue weighted by Gasteiger charge is -2.04. The fourth-order valence-corrected chi connectivity index (χ4v) is 2.32. The minimum Gasteiger partial charge on any atom is -0.478 e. The lowest BCUT2D eigenvalue weighted by Crippen LogP contribution is -2.19. The van der Waals surface area contributed by atoms with E-state index in [2.05, 4.69) is 15.1 Å². The number of hydrogen-bond donors (Lipinski definition) is 2. The molecule has 0 saturated heterocycles. The molecule has 0 bridgehead atoms. The van der Waals surface area contributed by atoms with Crippen LogP contribution in [0.3, 0.4) is 0 Å². The maximum absolute atomic E-state index is 12.0. The number of imidazole rings is 1. The van der Waals surface area contributed by atoms with Gasteiger partial charge in [0.05, 0.1) is 16.6 Å². The van der Waals surface area contributed by atoms with E-state index in [1.807, 2.05) is 0 Å². The smallest absolute Gasteiger partial charge is 0.337 e. The molecule has 1 aromatic carbocycles. The van der Waals surface area contributed by atoms with E-state index in [0.29, 0.717) is 29.8 Å². The van der Waals surface area contributed by atoms with Crippen LogP contribution in [0.5, 0.6) is 0 Å². The summed E-state index contributed by atoms with van der Waals surface area (Å²) in [6.45, 7) is 0.313. The third-order valence-electron chi connectivity index (χ3n) is 3.23. The minimum atomic E-state index is -1.07. The first-order valence-corrected chi connectivity index (χ1v) is 6.35. The number of aromatic nitrogens is 5. The molecular weight excluding hydrogens is 274 g/mol. The van der Waals surface area contributed by atoms with Gasteiger partial charge in [-0.25, -0.2) is 14.6 Å². The number of H-pyrrole nitrogens is 1. The maximum Gasteiger partial charge on any atom is 0.337 e. The van der Waals surface area contributed by atoms with Gasteiger partial charge in [0.2, 0.25) is 0 Å². The third-order valence-corrected chi connectivity index (χ3v) is 3.23. The van der Waals surface area contributed by atoms with Crippen molar-refractivity contribution >= 4 is 17.0 Å². The van der Waals surface area contributed by atoms with Gasteiger partial charge in [0.1, 0.15) is 6.33 Å². The molecule has 0 amide bonds. The number of carboxylic acids is 1. The van der Waals surface area contributed by atoms with E-state index in [1.54, 1.807) is 30.2 Å². The average Bonchev–Trinajstić information content (AvgIpc) is 2.98. The number of carbonyl (C=O) groups is 1. The fraction of sp³-hybridized carbons (Fsp3) is 0.231. The van der Waals surface area contributed by atoms with E-state index in [-0.39, 0.29) is 11.3 Å². The second-order valence-electron chi connectivity index (χ2n) is 4.67. The maximum atomic E-state index is 12.0. The van der Waals surface area contributed by atoms with Gasteiger partial charge >= 0.3 is 11.7 Å². The molecule has 108 valence electrons. The van der Waals surface area contributed by atoms with Crippen LogP contribution in [0.15, 0.2) is 29.3 Å². The van der Waals surface area contributed by atoms with E-state index in [1.165, 1.54) is 10.6 Å². The molecule has 2 aromatic heterocycles. The molecule has 3 rings (SSSR count). The fourth-order valence-electron chi connectivity index (χ4n) is 2.32. The van der Waals surface area contributed by atoms with Crippen LogP contribution in [0, 0.1) is 0 Å². The van der Waals surface area contributed by atoms with Crippen LogP contribution in [0.2, 0.25) is 0 Å². The monoisotopic (exact) mass is 287 g/mol. The standard InChI is InChI=1S/C13H13N5O3/c1-17-7-14-10(16-17)5-6-18-11-8(12(19)20)3-2-4-9(11)15-13(18)21/h2-4,7H,5-6H2,1H3,(H,15,21)(H,19,20). The zero-order chi connectivity index (χ0) is 15.0. The average molecular weight is 287 g/mol. The molecule has 0 aliphatic heterocycles. The molecule has 0 fully saturated rings. The van der Waals surface area contributed by atoms with Crippen molar-refractivity contribution in [3.8, 4) is 0 Å². The van der Waals surface area contributed by atoms with Gasteiger partial charge in [0, 0.05) is 20.0 Å². The quantitative estimate of drug-likeness (QED) is 0.722. The van der Waals surface area contributed by atoms with Crippen LogP contribution in [-0.4, -0.2) is 35.4 Å². The van der Waals surface area contributed by atoms with Crippen LogP contribution >= 0.6 is 0 Å². The van der Waals surface area contributed by atoms with Crippen LogP contribution in [-0.2, 0) is 20.0 Å². The molecule has 0 spiro atoms. The van der Waals surface area contributed by atoms with Gasteiger partial charge in [-0.3, -0.25) is 9.25 Å². The highest BCUT2D eigenvalue weighted by Crippen LogP contribution is 2.16. The minimum absolute atomic E-state index is 0.0971. The number of benzene rings is 1. The summed E-state index contributed by atoms with van der Waals surface area (Å²) >= 11 is 0. The summed E-state index contributed by atoms with van der Waals surface area (Å²) in [4.78, 5) is 30.1. The Hall–Kier alpha value is -2.90. The van der Waals surface area contributed by atoms with Gasteiger partial charge < -0.3 is 10.1 Å². The second kappa shape index (κ2) is 4.89. The summed E-state index contributed by atoms with van der Waals surface area (Å²) in [6.07, 6.45) is 2.03. The summed E-state index contributed by atoms with van der Waals surface area (Å²) in [5.41, 5.74) is 0.661. The Balaban J connectivity index is 2.03. The molecule has 0 aliphatic carbocycles. The number of carboxylic acid groups (broad SMARTS) is 1. The number of nitrogens with zero attached hydrogens (tertiary/aromatic N) is 4. The van der Waals surface area contributed by atoms with Crippen molar-refractivity contribution in [2.45, 2.75) is 13.0 Å². The Kier molecular flexibility index (Phi) is 3.05. The molecule has 21 heavy (non-hydrogen) atoms. The van der Waals surface area contributed by atoms with Gasteiger partial charge in [-0.15, -0.1) is 0 Å². The van der Waals surface area contributed by atoms with E-state index in [4.69, 9.17) is 0 Å². The highest BCUT2D eigenvalue weighted by Gasteiger charge is 2.15. The lowest BCUT2D eigenvalue weighted by atomic mass is 10.2. The SMILES string of the molecule is Cn1cnc(CCn2c(=O)[nH]c3cccc(C(=O)O)c32)n1. The number of aryl methyl sites for hydroxylation is 3. The third kappa shape index (κ3) is 2.31. The van der Waals surface area contributed by atoms with E-state index in [9.17, 15) is 14.7 Å². The normalized spacial score (nSPS) is 11.1. The van der Waals surface area contributed by atoms with E-state index in [0.717, 1.165) is 0 Å². The van der Waals surface area contributed by atoms with Gasteiger partial charge in [0.25, 0.3) is 0 Å². The van der Waals surface area contributed by atoms with Crippen molar-refractivity contribution in [3.05, 3.63) is 46.4 Å². The molecule has 8 heteroatoms. The van der Waals surface area contributed by atoms with Gasteiger partial charge in [-0.1, -0.05) is 6.07 Å². The number of rotatable bonds is 4. The lowest BCUT2D eigenvalue weighted by molar-refractivity contribution is 0.0698. The molecule has 0 radical (unpaired) electrons. The predicted molar refractivity (Wildman–Crippen MR) is 74.2 cm³/mol. The van der Waals surface area contributed by atoms with Gasteiger partial charge in [0.15, 0.2) is 5.82 Å². The molecular formula is C13H13N5O3. The van der Waals surface area contributed by atoms with Crippen LogP contribution in [0.25, 0.3) is 11.0 Å². The van der Waals surface area contributed by atoms with E-state index < -0.39 is 5.97 Å². The largest absolute Gasteiger partial charge is 0.478 e. The number of fused-ring (bicyclic) bond motifs is 1. The van der Waals surface area contributed by atoms with Crippen molar-refractivity contribution in [1.29, 1.82) is 0 Å². The Bertz CT molecular complexity index is 873. The van der Waals surface area contributed by atoms with Crippen molar-refractivity contribution in [2.24, 2.45) is 7.05 Å². The number of aromatic carboxylic acids is 1. The molecule has 0 aliphatic rings. The highest BCUT2D eigenvalue weighted by atomic mass is 16.4. The number of para-hydroxylation sites is 1. The Morgan fingerprint density at radius 3 is 2.90 bits per heavy atom. The molecule has 0 unspecified atom stereocenters. The topological polar surface area (TPSA) is 106 Å². The number of hydrogen-bond acceptors (Lipinski definition) is 4. The van der Waals surface area contributed by atoms with Gasteiger partial charge in [-0.05, 0) is 12.1 Å². The summed E-state index contributed by atoms with van der Waals surface area (Å²) in [5.74, 6) is -0.462. The number of aromatic amines is 1. The molecule has 2 heterocycles. The summed E-state index contributed by atoms with van der Waals surface area (Å²) < 4.78 is 2.99. The molecule has 3 aromatic rings. The predicted octanol–water partition coefficient (Wildman–Crippen LogP) is 0.399. The number of nitrogens with one attached hydrogen (secondary N) is 1. The van der Waals surface area contributed by atoms with Crippen molar-refractivity contribution in [1.82, 2.24) is 24.3 Å². The summed E-state index contributed by atoms with van der Waals surface area (Å²) in [6, 6.07) is 4.76. The molecule has 8 nitrogen and oxygen atoms in total. The van der Waals surface area contributed by atoms with Crippen LogP contribution in [0.1, 0.15) is 16.2 Å². The highest BCUT2D eigenvalue weighted by molar-refractivity contribution is 6.01. The Morgan fingerprint density at radius 2 is 2.24 bits per heavy atom.